The Hall–Kier alpha value is -1.63. The molecular formula is C15H23BClFO4. The molecular weight excluding hydrogens is 309 g/mol. The van der Waals surface area contributed by atoms with Gasteiger partial charge in [0.15, 0.2) is 0 Å². The second kappa shape index (κ2) is 17.4. The highest BCUT2D eigenvalue weighted by Crippen LogP contribution is 2.08. The summed E-state index contributed by atoms with van der Waals surface area (Å²) in [4.78, 5) is 8.00. The minimum atomic E-state index is -1.22. The van der Waals surface area contributed by atoms with Gasteiger partial charge in [0.25, 0.3) is 0 Å². The molecule has 0 amide bonds. The highest BCUT2D eigenvalue weighted by atomic mass is 35.5. The Labute approximate surface area is 137 Å². The molecule has 0 radical (unpaired) electrons. The summed E-state index contributed by atoms with van der Waals surface area (Å²) in [5.74, 6) is -0.871. The third-order valence-electron chi connectivity index (χ3n) is 1.83. The molecule has 4 nitrogen and oxygen atoms in total. The maximum absolute atomic E-state index is 12.4. The third kappa shape index (κ3) is 13.4. The quantitative estimate of drug-likeness (QED) is 0.659. The summed E-state index contributed by atoms with van der Waals surface area (Å²) in [5.41, 5.74) is 0.152. The fourth-order valence-corrected chi connectivity index (χ4v) is 1.10. The molecule has 0 heterocycles. The number of phenolic OH excluding ortho intramolecular Hbond substituents is 1. The monoisotopic (exact) mass is 332 g/mol. The second-order valence-electron chi connectivity index (χ2n) is 3.28. The van der Waals surface area contributed by atoms with Crippen molar-refractivity contribution in [2.24, 2.45) is 0 Å². The van der Waals surface area contributed by atoms with Crippen LogP contribution in [0.5, 0.6) is 5.75 Å². The molecule has 7 heteroatoms. The summed E-state index contributed by atoms with van der Waals surface area (Å²) < 4.78 is 17.0. The van der Waals surface area contributed by atoms with Crippen molar-refractivity contribution in [1.29, 1.82) is 0 Å². The summed E-state index contributed by atoms with van der Waals surface area (Å²) in [6, 6.07) is 3.31. The van der Waals surface area contributed by atoms with Crippen molar-refractivity contribution in [3.8, 4) is 5.75 Å². The smallest absolute Gasteiger partial charge is 0.494 e. The van der Waals surface area contributed by atoms with E-state index in [-0.39, 0.29) is 11.2 Å². The summed E-state index contributed by atoms with van der Waals surface area (Å²) in [5, 5.41) is 19.0. The van der Waals surface area contributed by atoms with Gasteiger partial charge in [0.05, 0.1) is 0 Å². The molecule has 0 unspecified atom stereocenters. The standard InChI is InChI=1S/C7H8BFO3.C5H7Cl.C2H6.CH2O/c1-12-8(11)6-3-2-5(9)4-7(6)10;1-3-4-5(2)6;2*1-2/h2-4,10-11H,1H3;3-4H,1H2,2H3;1-2H3;1H2/b;5-4+;;. The molecule has 0 aromatic heterocycles. The van der Waals surface area contributed by atoms with E-state index in [2.05, 4.69) is 11.2 Å². The minimum absolute atomic E-state index is 0.152. The average molecular weight is 333 g/mol. The number of rotatable bonds is 3. The Bertz CT molecular complexity index is 438. The van der Waals surface area contributed by atoms with E-state index in [9.17, 15) is 4.39 Å². The van der Waals surface area contributed by atoms with E-state index in [0.717, 1.165) is 17.2 Å². The maximum Gasteiger partial charge on any atom is 0.494 e. The summed E-state index contributed by atoms with van der Waals surface area (Å²) in [6.07, 6.45) is 3.39. The van der Waals surface area contributed by atoms with Crippen molar-refractivity contribution >= 4 is 31.0 Å². The SMILES string of the molecule is C=C/C=C(\C)Cl.C=O.CC.COB(O)c1ccc(F)cc1O. The van der Waals surface area contributed by atoms with Crippen LogP contribution >= 0.6 is 11.6 Å². The molecule has 2 N–H and O–H groups in total. The van der Waals surface area contributed by atoms with Gasteiger partial charge >= 0.3 is 7.12 Å². The van der Waals surface area contributed by atoms with E-state index < -0.39 is 12.9 Å². The van der Waals surface area contributed by atoms with Crippen molar-refractivity contribution in [2.75, 3.05) is 7.11 Å². The van der Waals surface area contributed by atoms with Crippen molar-refractivity contribution in [3.63, 3.8) is 0 Å². The van der Waals surface area contributed by atoms with Crippen LogP contribution in [0.3, 0.4) is 0 Å². The average Bonchev–Trinajstić information content (AvgIpc) is 2.51. The number of hydrogen-bond acceptors (Lipinski definition) is 4. The maximum atomic E-state index is 12.4. The van der Waals surface area contributed by atoms with Gasteiger partial charge in [-0.25, -0.2) is 4.39 Å². The lowest BCUT2D eigenvalue weighted by Gasteiger charge is -2.05. The first-order chi connectivity index (χ1) is 10.4. The lowest BCUT2D eigenvalue weighted by atomic mass is 9.79. The van der Waals surface area contributed by atoms with Crippen LogP contribution in [0.2, 0.25) is 0 Å². The van der Waals surface area contributed by atoms with Crippen LogP contribution in [0.4, 0.5) is 4.39 Å². The number of benzene rings is 1. The van der Waals surface area contributed by atoms with Crippen molar-refractivity contribution in [1.82, 2.24) is 0 Å². The van der Waals surface area contributed by atoms with E-state index in [4.69, 9.17) is 26.5 Å². The Morgan fingerprint density at radius 2 is 1.91 bits per heavy atom. The summed E-state index contributed by atoms with van der Waals surface area (Å²) >= 11 is 5.37. The largest absolute Gasteiger partial charge is 0.508 e. The molecule has 0 spiro atoms. The zero-order chi connectivity index (χ0) is 18.1. The van der Waals surface area contributed by atoms with Gasteiger partial charge in [0.2, 0.25) is 0 Å². The molecule has 22 heavy (non-hydrogen) atoms. The number of allylic oxidation sites excluding steroid dienone is 3. The molecule has 0 fully saturated rings. The van der Waals surface area contributed by atoms with Gasteiger partial charge in [-0.15, -0.1) is 0 Å². The van der Waals surface area contributed by atoms with E-state index in [1.54, 1.807) is 12.2 Å². The zero-order valence-electron chi connectivity index (χ0n) is 13.3. The number of hydrogen-bond donors (Lipinski definition) is 2. The number of phenols is 1. The predicted octanol–water partition coefficient (Wildman–Crippen LogP) is 3.02. The van der Waals surface area contributed by atoms with E-state index in [1.165, 1.54) is 13.2 Å². The Balaban J connectivity index is -0.000000306. The normalized spacial score (nSPS) is 8.95. The van der Waals surface area contributed by atoms with Gasteiger partial charge in [-0.2, -0.15) is 0 Å². The van der Waals surface area contributed by atoms with Crippen molar-refractivity contribution < 1.29 is 24.0 Å². The fourth-order valence-electron chi connectivity index (χ4n) is 1.02. The highest BCUT2D eigenvalue weighted by molar-refractivity contribution is 6.60. The predicted molar refractivity (Wildman–Crippen MR) is 91.0 cm³/mol. The molecule has 0 atom stereocenters. The second-order valence-corrected chi connectivity index (χ2v) is 3.88. The zero-order valence-corrected chi connectivity index (χ0v) is 14.1. The van der Waals surface area contributed by atoms with Crippen LogP contribution in [0.15, 0.2) is 42.0 Å². The molecule has 0 saturated carbocycles. The minimum Gasteiger partial charge on any atom is -0.508 e. The van der Waals surface area contributed by atoms with Crippen LogP contribution in [0.1, 0.15) is 20.8 Å². The summed E-state index contributed by atoms with van der Waals surface area (Å²) in [7, 11) is 0.0681. The first kappa shape index (κ1) is 25.3. The first-order valence-electron chi connectivity index (χ1n) is 6.35. The Morgan fingerprint density at radius 1 is 1.41 bits per heavy atom. The summed E-state index contributed by atoms with van der Waals surface area (Å²) in [6.45, 7) is 11.2. The Morgan fingerprint density at radius 3 is 2.18 bits per heavy atom. The van der Waals surface area contributed by atoms with Gasteiger partial charge in [0, 0.05) is 23.7 Å². The lowest BCUT2D eigenvalue weighted by molar-refractivity contribution is -0.0979. The van der Waals surface area contributed by atoms with E-state index in [0.29, 0.717) is 0 Å². The molecule has 1 aromatic rings. The van der Waals surface area contributed by atoms with Crippen LogP contribution in [0.25, 0.3) is 0 Å². The topological polar surface area (TPSA) is 66.8 Å². The van der Waals surface area contributed by atoms with Crippen LogP contribution < -0.4 is 5.46 Å². The molecule has 0 saturated heterocycles. The van der Waals surface area contributed by atoms with Crippen molar-refractivity contribution in [3.05, 3.63) is 47.8 Å². The van der Waals surface area contributed by atoms with E-state index in [1.807, 2.05) is 27.6 Å². The Kier molecular flexibility index (Phi) is 20.1. The van der Waals surface area contributed by atoms with Gasteiger partial charge in [-0.3, -0.25) is 0 Å². The fraction of sp³-hybridized carbons (Fsp3) is 0.267. The highest BCUT2D eigenvalue weighted by Gasteiger charge is 2.18. The molecule has 1 rings (SSSR count). The molecule has 0 aliphatic heterocycles. The van der Waals surface area contributed by atoms with Crippen LogP contribution in [0, 0.1) is 5.82 Å². The number of carbonyl (C=O) groups excluding carboxylic acids is 1. The van der Waals surface area contributed by atoms with Gasteiger partial charge in [-0.05, 0) is 19.1 Å². The molecule has 124 valence electrons. The number of carbonyl (C=O) groups is 1. The number of aromatic hydroxyl groups is 1. The molecule has 0 aliphatic rings. The van der Waals surface area contributed by atoms with E-state index >= 15 is 0 Å². The first-order valence-corrected chi connectivity index (χ1v) is 6.73. The van der Waals surface area contributed by atoms with Crippen LogP contribution in [-0.2, 0) is 9.45 Å². The van der Waals surface area contributed by atoms with Crippen molar-refractivity contribution in [2.45, 2.75) is 20.8 Å². The van der Waals surface area contributed by atoms with Crippen LogP contribution in [-0.4, -0.2) is 31.1 Å². The lowest BCUT2D eigenvalue weighted by Crippen LogP contribution is -2.32. The third-order valence-corrected chi connectivity index (χ3v) is 1.96. The molecule has 1 aromatic carbocycles. The van der Waals surface area contributed by atoms with Gasteiger partial charge in [-0.1, -0.05) is 44.2 Å². The molecule has 0 aliphatic carbocycles. The van der Waals surface area contributed by atoms with Gasteiger partial charge in [0.1, 0.15) is 18.4 Å². The molecule has 0 bridgehead atoms. The van der Waals surface area contributed by atoms with Gasteiger partial charge < -0.3 is 19.6 Å². The number of halogens is 2.